The van der Waals surface area contributed by atoms with Crippen LogP contribution in [0.3, 0.4) is 0 Å². The molecule has 0 saturated heterocycles. The fourth-order valence-corrected chi connectivity index (χ4v) is 1.84. The highest BCUT2D eigenvalue weighted by atomic mass is 16.5. The average Bonchev–Trinajstić information content (AvgIpc) is 2.43. The van der Waals surface area contributed by atoms with E-state index in [0.29, 0.717) is 24.0 Å². The smallest absolute Gasteiger partial charge is 0.333 e. The van der Waals surface area contributed by atoms with Crippen LogP contribution in [-0.4, -0.2) is 24.3 Å². The third-order valence-electron chi connectivity index (χ3n) is 3.90. The van der Waals surface area contributed by atoms with E-state index in [1.165, 1.54) is 19.3 Å². The van der Waals surface area contributed by atoms with Gasteiger partial charge in [0.15, 0.2) is 0 Å². The van der Waals surface area contributed by atoms with Crippen LogP contribution in [0.25, 0.3) is 0 Å². The fourth-order valence-electron chi connectivity index (χ4n) is 1.84. The monoisotopic (exact) mass is 269 g/mol. The van der Waals surface area contributed by atoms with E-state index in [1.807, 2.05) is 0 Å². The number of carbonyl (C=O) groups excluding carboxylic acids is 1. The van der Waals surface area contributed by atoms with Crippen molar-refractivity contribution in [3.05, 3.63) is 18.6 Å². The maximum Gasteiger partial charge on any atom is 0.333 e. The molecule has 0 atom stereocenters. The molecule has 0 aromatic rings. The Morgan fingerprint density at radius 2 is 1.95 bits per heavy atom. The standard InChI is InChI=1S/C16H29O3/c1-5-16(4,6-2)11-7-8-13-19-15(18)14(3)10-9-12-17/h10,17H,3,5-9,11-13H2,1-2,4H3. The molecule has 0 unspecified atom stereocenters. The van der Waals surface area contributed by atoms with Crippen molar-refractivity contribution in [2.24, 2.45) is 5.41 Å². The van der Waals surface area contributed by atoms with E-state index >= 15 is 0 Å². The van der Waals surface area contributed by atoms with Crippen molar-refractivity contribution in [1.29, 1.82) is 0 Å². The molecular formula is C16H29O3. The molecule has 0 heterocycles. The van der Waals surface area contributed by atoms with E-state index in [-0.39, 0.29) is 12.6 Å². The Morgan fingerprint density at radius 1 is 1.32 bits per heavy atom. The van der Waals surface area contributed by atoms with Gasteiger partial charge in [-0.25, -0.2) is 4.79 Å². The van der Waals surface area contributed by atoms with Crippen molar-refractivity contribution in [1.82, 2.24) is 0 Å². The molecule has 0 aromatic carbocycles. The van der Waals surface area contributed by atoms with Crippen LogP contribution in [0.15, 0.2) is 12.2 Å². The number of aliphatic hydroxyl groups excluding tert-OH is 1. The number of aliphatic hydroxyl groups is 1. The van der Waals surface area contributed by atoms with Crippen molar-refractivity contribution >= 4 is 5.97 Å². The van der Waals surface area contributed by atoms with Gasteiger partial charge in [0.05, 0.1) is 6.61 Å². The minimum absolute atomic E-state index is 0.0267. The van der Waals surface area contributed by atoms with Crippen molar-refractivity contribution in [2.45, 2.75) is 59.3 Å². The lowest BCUT2D eigenvalue weighted by molar-refractivity contribution is -0.138. The van der Waals surface area contributed by atoms with Crippen molar-refractivity contribution < 1.29 is 14.6 Å². The summed E-state index contributed by atoms with van der Waals surface area (Å²) in [5.41, 5.74) is 0.753. The summed E-state index contributed by atoms with van der Waals surface area (Å²) >= 11 is 0. The van der Waals surface area contributed by atoms with Gasteiger partial charge in [0.2, 0.25) is 0 Å². The van der Waals surface area contributed by atoms with Crippen molar-refractivity contribution in [3.63, 3.8) is 0 Å². The first-order valence-corrected chi connectivity index (χ1v) is 7.29. The Balaban J connectivity index is 3.69. The number of ether oxygens (including phenoxy) is 1. The highest BCUT2D eigenvalue weighted by molar-refractivity contribution is 5.89. The molecule has 1 radical (unpaired) electrons. The predicted octanol–water partition coefficient (Wildman–Crippen LogP) is 3.67. The minimum atomic E-state index is -0.373. The summed E-state index contributed by atoms with van der Waals surface area (Å²) in [6.45, 7) is 10.9. The van der Waals surface area contributed by atoms with Gasteiger partial charge in [0.1, 0.15) is 0 Å². The highest BCUT2D eigenvalue weighted by Crippen LogP contribution is 2.31. The summed E-state index contributed by atoms with van der Waals surface area (Å²) < 4.78 is 5.13. The van der Waals surface area contributed by atoms with E-state index in [2.05, 4.69) is 27.4 Å². The Hall–Kier alpha value is -0.830. The molecule has 0 fully saturated rings. The molecular weight excluding hydrogens is 240 g/mol. The normalized spacial score (nSPS) is 11.4. The maximum absolute atomic E-state index is 11.5. The molecule has 0 aromatic heterocycles. The van der Waals surface area contributed by atoms with Crippen LogP contribution in [0.4, 0.5) is 0 Å². The molecule has 0 saturated carbocycles. The van der Waals surface area contributed by atoms with Crippen LogP contribution in [0, 0.1) is 11.8 Å². The van der Waals surface area contributed by atoms with Crippen molar-refractivity contribution in [3.8, 4) is 0 Å². The van der Waals surface area contributed by atoms with Gasteiger partial charge in [-0.1, -0.05) is 40.2 Å². The van der Waals surface area contributed by atoms with Crippen molar-refractivity contribution in [2.75, 3.05) is 13.2 Å². The van der Waals surface area contributed by atoms with Crippen LogP contribution in [0.1, 0.15) is 59.3 Å². The van der Waals surface area contributed by atoms with Crippen LogP contribution >= 0.6 is 0 Å². The fraction of sp³-hybridized carbons (Fsp3) is 0.750. The van der Waals surface area contributed by atoms with E-state index in [4.69, 9.17) is 9.84 Å². The molecule has 0 spiro atoms. The minimum Gasteiger partial charge on any atom is -0.462 e. The first kappa shape index (κ1) is 18.2. The Labute approximate surface area is 118 Å². The second kappa shape index (κ2) is 10.0. The zero-order chi connectivity index (χ0) is 14.7. The van der Waals surface area contributed by atoms with Gasteiger partial charge < -0.3 is 9.84 Å². The Bertz CT molecular complexity index is 267. The number of rotatable bonds is 11. The molecule has 3 heteroatoms. The molecule has 111 valence electrons. The Morgan fingerprint density at radius 3 is 2.47 bits per heavy atom. The van der Waals surface area contributed by atoms with E-state index < -0.39 is 0 Å². The Kier molecular flexibility index (Phi) is 9.58. The van der Waals surface area contributed by atoms with E-state index in [0.717, 1.165) is 12.8 Å². The summed E-state index contributed by atoms with van der Waals surface area (Å²) in [6, 6.07) is 0. The third kappa shape index (κ3) is 8.04. The number of hydrogen-bond acceptors (Lipinski definition) is 3. The lowest BCUT2D eigenvalue weighted by Crippen LogP contribution is -2.14. The number of carbonyl (C=O) groups is 1. The van der Waals surface area contributed by atoms with Crippen LogP contribution in [-0.2, 0) is 9.53 Å². The largest absolute Gasteiger partial charge is 0.462 e. The molecule has 0 rings (SSSR count). The quantitative estimate of drug-likeness (QED) is 0.354. The van der Waals surface area contributed by atoms with Crippen LogP contribution in [0.2, 0.25) is 0 Å². The number of esters is 1. The molecule has 0 aliphatic carbocycles. The topological polar surface area (TPSA) is 46.5 Å². The lowest BCUT2D eigenvalue weighted by atomic mass is 9.80. The van der Waals surface area contributed by atoms with Gasteiger partial charge in [-0.2, -0.15) is 0 Å². The van der Waals surface area contributed by atoms with Crippen LogP contribution < -0.4 is 0 Å². The van der Waals surface area contributed by atoms with Gasteiger partial charge in [0, 0.05) is 12.2 Å². The summed E-state index contributed by atoms with van der Waals surface area (Å²) in [6.07, 6.45) is 7.58. The van der Waals surface area contributed by atoms with Gasteiger partial charge in [-0.05, 0) is 37.5 Å². The second-order valence-corrected chi connectivity index (χ2v) is 5.35. The summed E-state index contributed by atoms with van der Waals surface area (Å²) in [4.78, 5) is 11.5. The molecule has 3 nitrogen and oxygen atoms in total. The molecule has 19 heavy (non-hydrogen) atoms. The van der Waals surface area contributed by atoms with E-state index in [1.54, 1.807) is 6.42 Å². The zero-order valence-corrected chi connectivity index (χ0v) is 12.7. The first-order valence-electron chi connectivity index (χ1n) is 7.29. The molecule has 0 aliphatic rings. The zero-order valence-electron chi connectivity index (χ0n) is 12.7. The SMILES string of the molecule is C=C([CH]CCO)C(=O)OCCCCC(C)(CC)CC. The summed E-state index contributed by atoms with van der Waals surface area (Å²) in [5, 5.41) is 8.64. The van der Waals surface area contributed by atoms with Crippen LogP contribution in [0.5, 0.6) is 0 Å². The van der Waals surface area contributed by atoms with Gasteiger partial charge in [-0.3, -0.25) is 0 Å². The lowest BCUT2D eigenvalue weighted by Gasteiger charge is -2.26. The summed E-state index contributed by atoms with van der Waals surface area (Å²) in [7, 11) is 0. The number of unbranched alkanes of at least 4 members (excludes halogenated alkanes) is 1. The number of hydrogen-bond donors (Lipinski definition) is 1. The third-order valence-corrected chi connectivity index (χ3v) is 3.90. The molecule has 0 bridgehead atoms. The highest BCUT2D eigenvalue weighted by Gasteiger charge is 2.18. The molecule has 0 amide bonds. The predicted molar refractivity (Wildman–Crippen MR) is 78.6 cm³/mol. The van der Waals surface area contributed by atoms with Gasteiger partial charge >= 0.3 is 5.97 Å². The molecule has 1 N–H and O–H groups in total. The van der Waals surface area contributed by atoms with E-state index in [9.17, 15) is 4.79 Å². The first-order chi connectivity index (χ1) is 8.99. The van der Waals surface area contributed by atoms with Gasteiger partial charge in [-0.15, -0.1) is 0 Å². The maximum atomic E-state index is 11.5. The van der Waals surface area contributed by atoms with Gasteiger partial charge in [0.25, 0.3) is 0 Å². The molecule has 0 aliphatic heterocycles. The average molecular weight is 269 g/mol. The second-order valence-electron chi connectivity index (χ2n) is 5.35. The summed E-state index contributed by atoms with van der Waals surface area (Å²) in [5.74, 6) is -0.373.